The van der Waals surface area contributed by atoms with Crippen molar-refractivity contribution in [1.29, 1.82) is 0 Å². The number of carbonyl (C=O) groups is 2. The van der Waals surface area contributed by atoms with E-state index in [0.717, 1.165) is 0 Å². The molecule has 0 amide bonds. The predicted octanol–water partition coefficient (Wildman–Crippen LogP) is -0.290. The standard InChI is InChI=1S/C11H16N2O6S/c1-13-6-5-8(7-13)20(17,18)12-9(11(15)16)3-4-10(14)19-2/h5-7,9,12H,3-4H2,1-2H3,(H,15,16)/t9-/m1/s1. The summed E-state index contributed by atoms with van der Waals surface area (Å²) in [6.07, 6.45) is 2.50. The quantitative estimate of drug-likeness (QED) is 0.669. The first kappa shape index (κ1) is 16.2. The summed E-state index contributed by atoms with van der Waals surface area (Å²) in [7, 11) is -1.13. The molecule has 1 aromatic heterocycles. The van der Waals surface area contributed by atoms with Crippen LogP contribution < -0.4 is 4.72 Å². The third-order valence-electron chi connectivity index (χ3n) is 2.58. The number of methoxy groups -OCH3 is 1. The number of ether oxygens (including phenoxy) is 1. The Labute approximate surface area is 116 Å². The molecule has 0 unspecified atom stereocenters. The minimum absolute atomic E-state index is 0.0377. The van der Waals surface area contributed by atoms with Crippen LogP contribution in [-0.4, -0.2) is 43.2 Å². The van der Waals surface area contributed by atoms with E-state index in [9.17, 15) is 18.0 Å². The number of carboxylic acids is 1. The minimum atomic E-state index is -3.94. The van der Waals surface area contributed by atoms with Crippen LogP contribution in [0.2, 0.25) is 0 Å². The number of hydrogen-bond donors (Lipinski definition) is 2. The van der Waals surface area contributed by atoms with Crippen LogP contribution in [0.1, 0.15) is 12.8 Å². The molecule has 8 nitrogen and oxygen atoms in total. The number of sulfonamides is 1. The van der Waals surface area contributed by atoms with Crippen LogP contribution in [-0.2, 0) is 31.4 Å². The van der Waals surface area contributed by atoms with Gasteiger partial charge in [0.1, 0.15) is 6.04 Å². The zero-order valence-corrected chi connectivity index (χ0v) is 11.9. The molecule has 1 rings (SSSR count). The van der Waals surface area contributed by atoms with Crippen molar-refractivity contribution in [3.63, 3.8) is 0 Å². The normalized spacial score (nSPS) is 12.9. The summed E-state index contributed by atoms with van der Waals surface area (Å²) in [6.45, 7) is 0. The number of nitrogens with one attached hydrogen (secondary N) is 1. The van der Waals surface area contributed by atoms with Gasteiger partial charge in [0, 0.05) is 25.9 Å². The van der Waals surface area contributed by atoms with E-state index in [2.05, 4.69) is 9.46 Å². The molecule has 0 fully saturated rings. The number of rotatable bonds is 7. The molecule has 1 atom stereocenters. The van der Waals surface area contributed by atoms with Gasteiger partial charge in [-0.15, -0.1) is 0 Å². The molecule has 0 aliphatic carbocycles. The van der Waals surface area contributed by atoms with Crippen LogP contribution in [0.15, 0.2) is 23.4 Å². The lowest BCUT2D eigenvalue weighted by molar-refractivity contribution is -0.142. The van der Waals surface area contributed by atoms with Gasteiger partial charge in [0.2, 0.25) is 10.0 Å². The summed E-state index contributed by atoms with van der Waals surface area (Å²) < 4.78 is 31.9. The van der Waals surface area contributed by atoms with Crippen molar-refractivity contribution in [2.75, 3.05) is 7.11 Å². The Morgan fingerprint density at radius 2 is 2.15 bits per heavy atom. The fourth-order valence-corrected chi connectivity index (χ4v) is 2.76. The summed E-state index contributed by atoms with van der Waals surface area (Å²) in [5, 5.41) is 8.99. The molecule has 0 aliphatic heterocycles. The average Bonchev–Trinajstić information content (AvgIpc) is 2.81. The first-order valence-electron chi connectivity index (χ1n) is 5.70. The number of carbonyl (C=O) groups excluding carboxylic acids is 1. The number of aryl methyl sites for hydroxylation is 1. The van der Waals surface area contributed by atoms with E-state index in [4.69, 9.17) is 5.11 Å². The molecule has 1 aromatic rings. The van der Waals surface area contributed by atoms with Crippen molar-refractivity contribution in [2.24, 2.45) is 7.05 Å². The van der Waals surface area contributed by atoms with Gasteiger partial charge in [-0.25, -0.2) is 8.42 Å². The van der Waals surface area contributed by atoms with Crippen LogP contribution in [0, 0.1) is 0 Å². The molecule has 20 heavy (non-hydrogen) atoms. The van der Waals surface area contributed by atoms with Crippen LogP contribution in [0.4, 0.5) is 0 Å². The Morgan fingerprint density at radius 1 is 1.50 bits per heavy atom. The maximum absolute atomic E-state index is 12.0. The first-order valence-corrected chi connectivity index (χ1v) is 7.18. The van der Waals surface area contributed by atoms with E-state index in [1.165, 1.54) is 30.1 Å². The second-order valence-electron chi connectivity index (χ2n) is 4.14. The zero-order chi connectivity index (χ0) is 15.3. The molecule has 0 saturated carbocycles. The lowest BCUT2D eigenvalue weighted by Gasteiger charge is -2.13. The van der Waals surface area contributed by atoms with E-state index in [0.29, 0.717) is 0 Å². The highest BCUT2D eigenvalue weighted by atomic mass is 32.2. The minimum Gasteiger partial charge on any atom is -0.480 e. The number of aliphatic carboxylic acids is 1. The lowest BCUT2D eigenvalue weighted by Crippen LogP contribution is -2.41. The van der Waals surface area contributed by atoms with Crippen LogP contribution in [0.3, 0.4) is 0 Å². The third kappa shape index (κ3) is 4.35. The fourth-order valence-electron chi connectivity index (χ4n) is 1.49. The summed E-state index contributed by atoms with van der Waals surface area (Å²) in [6, 6.07) is -0.0408. The van der Waals surface area contributed by atoms with E-state index < -0.39 is 28.0 Å². The molecule has 0 aromatic carbocycles. The summed E-state index contributed by atoms with van der Waals surface area (Å²) in [5.41, 5.74) is 0. The zero-order valence-electron chi connectivity index (χ0n) is 11.1. The van der Waals surface area contributed by atoms with Gasteiger partial charge in [-0.3, -0.25) is 9.59 Å². The van der Waals surface area contributed by atoms with Crippen molar-refractivity contribution in [1.82, 2.24) is 9.29 Å². The molecule has 2 N–H and O–H groups in total. The molecule has 0 saturated heterocycles. The second-order valence-corrected chi connectivity index (χ2v) is 5.85. The first-order chi connectivity index (χ1) is 9.26. The van der Waals surface area contributed by atoms with Crippen molar-refractivity contribution in [3.05, 3.63) is 18.5 Å². The van der Waals surface area contributed by atoms with Crippen LogP contribution >= 0.6 is 0 Å². The monoisotopic (exact) mass is 304 g/mol. The number of aromatic nitrogens is 1. The Bertz CT molecular complexity index is 592. The van der Waals surface area contributed by atoms with Gasteiger partial charge in [0.15, 0.2) is 0 Å². The lowest BCUT2D eigenvalue weighted by atomic mass is 10.2. The largest absolute Gasteiger partial charge is 0.480 e. The van der Waals surface area contributed by atoms with Gasteiger partial charge in [-0.2, -0.15) is 4.72 Å². The van der Waals surface area contributed by atoms with Crippen molar-refractivity contribution >= 4 is 22.0 Å². The molecule has 1 heterocycles. The molecule has 9 heteroatoms. The summed E-state index contributed by atoms with van der Waals surface area (Å²) in [5.74, 6) is -1.96. The molecule has 0 spiro atoms. The van der Waals surface area contributed by atoms with Crippen LogP contribution in [0.5, 0.6) is 0 Å². The summed E-state index contributed by atoms with van der Waals surface area (Å²) in [4.78, 5) is 22.0. The Hall–Kier alpha value is -1.87. The number of nitrogens with zero attached hydrogens (tertiary/aromatic N) is 1. The molecule has 0 aliphatic rings. The Kier molecular flexibility index (Phi) is 5.28. The summed E-state index contributed by atoms with van der Waals surface area (Å²) >= 11 is 0. The average molecular weight is 304 g/mol. The second kappa shape index (κ2) is 6.53. The van der Waals surface area contributed by atoms with E-state index in [-0.39, 0.29) is 17.7 Å². The van der Waals surface area contributed by atoms with E-state index in [1.54, 1.807) is 7.05 Å². The smallest absolute Gasteiger partial charge is 0.321 e. The van der Waals surface area contributed by atoms with Gasteiger partial charge >= 0.3 is 11.9 Å². The van der Waals surface area contributed by atoms with Gasteiger partial charge in [-0.05, 0) is 12.5 Å². The highest BCUT2D eigenvalue weighted by Gasteiger charge is 2.26. The number of carboxylic acid groups (broad SMARTS) is 1. The maximum atomic E-state index is 12.0. The molecular weight excluding hydrogens is 288 g/mol. The van der Waals surface area contributed by atoms with Gasteiger partial charge in [0.05, 0.1) is 12.0 Å². The highest BCUT2D eigenvalue weighted by molar-refractivity contribution is 7.89. The van der Waals surface area contributed by atoms with Gasteiger partial charge in [0.25, 0.3) is 0 Å². The third-order valence-corrected chi connectivity index (χ3v) is 4.03. The molecular formula is C11H16N2O6S. The number of esters is 1. The highest BCUT2D eigenvalue weighted by Crippen LogP contribution is 2.11. The fraction of sp³-hybridized carbons (Fsp3) is 0.455. The van der Waals surface area contributed by atoms with E-state index >= 15 is 0 Å². The number of hydrogen-bond acceptors (Lipinski definition) is 5. The van der Waals surface area contributed by atoms with Crippen molar-refractivity contribution in [2.45, 2.75) is 23.8 Å². The molecule has 0 bridgehead atoms. The van der Waals surface area contributed by atoms with Crippen molar-refractivity contribution < 1.29 is 27.9 Å². The van der Waals surface area contributed by atoms with Gasteiger partial charge in [-0.1, -0.05) is 0 Å². The Balaban J connectivity index is 2.80. The van der Waals surface area contributed by atoms with Gasteiger partial charge < -0.3 is 14.4 Å². The Morgan fingerprint density at radius 3 is 2.60 bits per heavy atom. The van der Waals surface area contributed by atoms with Crippen molar-refractivity contribution in [3.8, 4) is 0 Å². The van der Waals surface area contributed by atoms with Crippen LogP contribution in [0.25, 0.3) is 0 Å². The maximum Gasteiger partial charge on any atom is 0.321 e. The molecule has 0 radical (unpaired) electrons. The van der Waals surface area contributed by atoms with E-state index in [1.807, 2.05) is 0 Å². The molecule has 112 valence electrons. The predicted molar refractivity (Wildman–Crippen MR) is 68.4 cm³/mol. The SMILES string of the molecule is COC(=O)CC[C@@H](NS(=O)(=O)c1ccn(C)c1)C(=O)O. The topological polar surface area (TPSA) is 115 Å².